The zero-order valence-corrected chi connectivity index (χ0v) is 10.6. The Kier molecular flexibility index (Phi) is 3.33. The van der Waals surface area contributed by atoms with Gasteiger partial charge in [0.25, 0.3) is 0 Å². The highest BCUT2D eigenvalue weighted by Crippen LogP contribution is 2.18. The van der Waals surface area contributed by atoms with Crippen molar-refractivity contribution in [2.45, 2.75) is 26.2 Å². The highest BCUT2D eigenvalue weighted by atomic mass is 32.2. The lowest BCUT2D eigenvalue weighted by Gasteiger charge is -2.05. The first-order valence-corrected chi connectivity index (χ1v) is 7.52. The molecule has 0 saturated carbocycles. The van der Waals surface area contributed by atoms with Crippen molar-refractivity contribution in [3.05, 3.63) is 11.6 Å². The molecule has 0 aromatic rings. The SMILES string of the molecule is CC1=C/C(=N/NC(=O)[C@H]2CCS(=O)(=O)C2)CC1. The number of hydrogen-bond donors (Lipinski definition) is 1. The van der Waals surface area contributed by atoms with E-state index in [-0.39, 0.29) is 17.4 Å². The first-order chi connectivity index (χ1) is 7.96. The molecule has 0 radical (unpaired) electrons. The summed E-state index contributed by atoms with van der Waals surface area (Å²) >= 11 is 0. The van der Waals surface area contributed by atoms with Crippen molar-refractivity contribution in [3.63, 3.8) is 0 Å². The van der Waals surface area contributed by atoms with E-state index in [0.717, 1.165) is 18.6 Å². The number of rotatable bonds is 2. The van der Waals surface area contributed by atoms with Crippen molar-refractivity contribution in [1.82, 2.24) is 5.43 Å². The Morgan fingerprint density at radius 3 is 2.76 bits per heavy atom. The van der Waals surface area contributed by atoms with E-state index in [1.165, 1.54) is 5.57 Å². The maximum absolute atomic E-state index is 11.7. The minimum absolute atomic E-state index is 0.0431. The van der Waals surface area contributed by atoms with Crippen LogP contribution in [0.25, 0.3) is 0 Å². The maximum atomic E-state index is 11.7. The molecule has 0 aromatic carbocycles. The second-order valence-corrected chi connectivity index (χ2v) is 6.90. The largest absolute Gasteiger partial charge is 0.273 e. The van der Waals surface area contributed by atoms with Gasteiger partial charge < -0.3 is 0 Å². The van der Waals surface area contributed by atoms with Gasteiger partial charge in [-0.05, 0) is 32.3 Å². The number of nitrogens with one attached hydrogen (secondary N) is 1. The van der Waals surface area contributed by atoms with Gasteiger partial charge in [0.05, 0.1) is 23.1 Å². The molecule has 0 spiro atoms. The highest BCUT2D eigenvalue weighted by Gasteiger charge is 2.32. The van der Waals surface area contributed by atoms with Gasteiger partial charge in [-0.2, -0.15) is 5.10 Å². The van der Waals surface area contributed by atoms with Crippen LogP contribution in [0.5, 0.6) is 0 Å². The average Bonchev–Trinajstić information content (AvgIpc) is 2.81. The van der Waals surface area contributed by atoms with Crippen LogP contribution in [0.1, 0.15) is 26.2 Å². The predicted molar refractivity (Wildman–Crippen MR) is 65.3 cm³/mol. The third kappa shape index (κ3) is 3.15. The third-order valence-corrected chi connectivity index (χ3v) is 4.87. The molecular weight excluding hydrogens is 240 g/mol. The first-order valence-electron chi connectivity index (χ1n) is 5.70. The Hall–Kier alpha value is -1.17. The number of carbonyl (C=O) groups excluding carboxylic acids is 1. The lowest BCUT2D eigenvalue weighted by molar-refractivity contribution is -0.124. The fourth-order valence-electron chi connectivity index (χ4n) is 2.06. The van der Waals surface area contributed by atoms with E-state index in [2.05, 4.69) is 10.5 Å². The van der Waals surface area contributed by atoms with Crippen LogP contribution in [-0.4, -0.2) is 31.5 Å². The van der Waals surface area contributed by atoms with Gasteiger partial charge >= 0.3 is 0 Å². The fourth-order valence-corrected chi connectivity index (χ4v) is 3.80. The molecule has 0 bridgehead atoms. The van der Waals surface area contributed by atoms with Crippen molar-refractivity contribution < 1.29 is 13.2 Å². The number of carbonyl (C=O) groups is 1. The van der Waals surface area contributed by atoms with Crippen LogP contribution in [0.3, 0.4) is 0 Å². The highest BCUT2D eigenvalue weighted by molar-refractivity contribution is 7.91. The molecule has 2 aliphatic rings. The Balaban J connectivity index is 1.91. The molecule has 0 unspecified atom stereocenters. The van der Waals surface area contributed by atoms with Crippen LogP contribution in [0, 0.1) is 5.92 Å². The number of allylic oxidation sites excluding steroid dienone is 2. The molecular formula is C11H16N2O3S. The number of hydrogen-bond acceptors (Lipinski definition) is 4. The predicted octanol–water partition coefficient (Wildman–Crippen LogP) is 0.633. The van der Waals surface area contributed by atoms with Crippen LogP contribution >= 0.6 is 0 Å². The van der Waals surface area contributed by atoms with Gasteiger partial charge in [0.15, 0.2) is 9.84 Å². The van der Waals surface area contributed by atoms with E-state index in [4.69, 9.17) is 0 Å². The molecule has 1 atom stereocenters. The molecule has 6 heteroatoms. The normalized spacial score (nSPS) is 29.4. The van der Waals surface area contributed by atoms with E-state index in [9.17, 15) is 13.2 Å². The molecule has 94 valence electrons. The van der Waals surface area contributed by atoms with Crippen molar-refractivity contribution in [1.29, 1.82) is 0 Å². The zero-order chi connectivity index (χ0) is 12.5. The molecule has 1 aliphatic carbocycles. The van der Waals surface area contributed by atoms with Crippen LogP contribution in [-0.2, 0) is 14.6 Å². The van der Waals surface area contributed by atoms with Gasteiger partial charge in [-0.25, -0.2) is 13.8 Å². The summed E-state index contributed by atoms with van der Waals surface area (Å²) in [4.78, 5) is 11.7. The van der Waals surface area contributed by atoms with Crippen LogP contribution < -0.4 is 5.43 Å². The quantitative estimate of drug-likeness (QED) is 0.736. The van der Waals surface area contributed by atoms with Crippen molar-refractivity contribution in [2.75, 3.05) is 11.5 Å². The maximum Gasteiger partial charge on any atom is 0.244 e. The summed E-state index contributed by atoms with van der Waals surface area (Å²) in [5.41, 5.74) is 4.57. The summed E-state index contributed by atoms with van der Waals surface area (Å²) in [5.74, 6) is -0.647. The number of amides is 1. The van der Waals surface area contributed by atoms with E-state index < -0.39 is 15.8 Å². The van der Waals surface area contributed by atoms with Gasteiger partial charge in [-0.15, -0.1) is 0 Å². The van der Waals surface area contributed by atoms with Gasteiger partial charge in [-0.1, -0.05) is 5.57 Å². The van der Waals surface area contributed by atoms with Gasteiger partial charge in [-0.3, -0.25) is 4.79 Å². The number of nitrogens with zero attached hydrogens (tertiary/aromatic N) is 1. The van der Waals surface area contributed by atoms with Crippen molar-refractivity contribution >= 4 is 21.5 Å². The Morgan fingerprint density at radius 1 is 1.47 bits per heavy atom. The lowest BCUT2D eigenvalue weighted by Crippen LogP contribution is -2.28. The molecule has 1 aliphatic heterocycles. The van der Waals surface area contributed by atoms with E-state index in [1.54, 1.807) is 0 Å². The van der Waals surface area contributed by atoms with E-state index >= 15 is 0 Å². The molecule has 5 nitrogen and oxygen atoms in total. The Bertz CT molecular complexity index is 491. The van der Waals surface area contributed by atoms with Crippen LogP contribution in [0.4, 0.5) is 0 Å². The topological polar surface area (TPSA) is 75.6 Å². The minimum Gasteiger partial charge on any atom is -0.273 e. The smallest absolute Gasteiger partial charge is 0.244 e. The Labute approximate surface area is 101 Å². The summed E-state index contributed by atoms with van der Waals surface area (Å²) < 4.78 is 22.4. The number of sulfone groups is 1. The fraction of sp³-hybridized carbons (Fsp3) is 0.636. The summed E-state index contributed by atoms with van der Waals surface area (Å²) in [5, 5.41) is 4.01. The second-order valence-electron chi connectivity index (χ2n) is 4.67. The molecule has 1 heterocycles. The standard InChI is InChI=1S/C11H16N2O3S/c1-8-2-3-10(6-8)12-13-11(14)9-4-5-17(15,16)7-9/h6,9H,2-5,7H2,1H3,(H,13,14)/b12-10+/t9-/m0/s1. The molecule has 2 rings (SSSR count). The Morgan fingerprint density at radius 2 is 2.24 bits per heavy atom. The first kappa shape index (κ1) is 12.3. The third-order valence-electron chi connectivity index (χ3n) is 3.10. The summed E-state index contributed by atoms with van der Waals surface area (Å²) in [7, 11) is -3.01. The van der Waals surface area contributed by atoms with Crippen LogP contribution in [0.2, 0.25) is 0 Å². The number of hydrazone groups is 1. The summed E-state index contributed by atoms with van der Waals surface area (Å²) in [6.07, 6.45) is 4.18. The van der Waals surface area contributed by atoms with Crippen molar-refractivity contribution in [2.24, 2.45) is 11.0 Å². The van der Waals surface area contributed by atoms with Gasteiger partial charge in [0.2, 0.25) is 5.91 Å². The molecule has 1 amide bonds. The van der Waals surface area contributed by atoms with Gasteiger partial charge in [0.1, 0.15) is 0 Å². The molecule has 1 N–H and O–H groups in total. The van der Waals surface area contributed by atoms with Crippen LogP contribution in [0.15, 0.2) is 16.8 Å². The second kappa shape index (κ2) is 4.60. The van der Waals surface area contributed by atoms with Gasteiger partial charge in [0, 0.05) is 0 Å². The summed E-state index contributed by atoms with van der Waals surface area (Å²) in [6.45, 7) is 2.02. The molecule has 0 aromatic heterocycles. The monoisotopic (exact) mass is 256 g/mol. The molecule has 1 fully saturated rings. The van der Waals surface area contributed by atoms with Crippen molar-refractivity contribution in [3.8, 4) is 0 Å². The molecule has 1 saturated heterocycles. The van der Waals surface area contributed by atoms with E-state index in [0.29, 0.717) is 6.42 Å². The minimum atomic E-state index is -3.01. The van der Waals surface area contributed by atoms with E-state index in [1.807, 2.05) is 13.0 Å². The summed E-state index contributed by atoms with van der Waals surface area (Å²) in [6, 6.07) is 0. The average molecular weight is 256 g/mol. The lowest BCUT2D eigenvalue weighted by atomic mass is 10.1. The molecule has 17 heavy (non-hydrogen) atoms. The zero-order valence-electron chi connectivity index (χ0n) is 9.77.